The molecular weight excluding hydrogens is 186 g/mol. The average molecular weight is 213 g/mol. The van der Waals surface area contributed by atoms with Crippen LogP contribution in [0, 0.1) is 5.92 Å². The third kappa shape index (κ3) is 4.98. The molecule has 0 saturated heterocycles. The zero-order chi connectivity index (χ0) is 11.3. The third-order valence-electron chi connectivity index (χ3n) is 3.30. The lowest BCUT2D eigenvalue weighted by atomic mass is 9.97. The molecule has 0 aromatic rings. The third-order valence-corrected chi connectivity index (χ3v) is 3.30. The van der Waals surface area contributed by atoms with Crippen LogP contribution in [0.4, 0.5) is 0 Å². The van der Waals surface area contributed by atoms with Crippen LogP contribution in [0.1, 0.15) is 52.9 Å². The fourth-order valence-corrected chi connectivity index (χ4v) is 2.87. The van der Waals surface area contributed by atoms with Crippen molar-refractivity contribution in [2.24, 2.45) is 5.92 Å². The van der Waals surface area contributed by atoms with E-state index >= 15 is 0 Å². The number of methoxy groups -OCH3 is 1. The van der Waals surface area contributed by atoms with E-state index in [1.807, 2.05) is 0 Å². The van der Waals surface area contributed by atoms with Gasteiger partial charge in [-0.05, 0) is 33.1 Å². The van der Waals surface area contributed by atoms with Gasteiger partial charge in [-0.3, -0.25) is 0 Å². The van der Waals surface area contributed by atoms with E-state index in [1.54, 1.807) is 7.11 Å². The Balaban J connectivity index is 2.24. The SMILES string of the molecule is COCC(C)(C)NC(C)CC1CCCC1. The Morgan fingerprint density at radius 1 is 1.33 bits per heavy atom. The molecule has 2 nitrogen and oxygen atoms in total. The first-order valence-corrected chi connectivity index (χ1v) is 6.30. The van der Waals surface area contributed by atoms with Gasteiger partial charge in [0.15, 0.2) is 0 Å². The maximum Gasteiger partial charge on any atom is 0.0639 e. The average Bonchev–Trinajstić information content (AvgIpc) is 2.54. The first kappa shape index (κ1) is 13.0. The van der Waals surface area contributed by atoms with Gasteiger partial charge in [-0.2, -0.15) is 0 Å². The maximum atomic E-state index is 5.21. The summed E-state index contributed by atoms with van der Waals surface area (Å²) in [7, 11) is 1.77. The van der Waals surface area contributed by atoms with Crippen molar-refractivity contribution in [3.05, 3.63) is 0 Å². The normalized spacial score (nSPS) is 20.8. The largest absolute Gasteiger partial charge is 0.383 e. The number of ether oxygens (including phenoxy) is 1. The number of rotatable bonds is 6. The Morgan fingerprint density at radius 2 is 1.93 bits per heavy atom. The van der Waals surface area contributed by atoms with E-state index in [4.69, 9.17) is 4.74 Å². The molecule has 0 heterocycles. The highest BCUT2D eigenvalue weighted by atomic mass is 16.5. The second-order valence-electron chi connectivity index (χ2n) is 5.75. The number of nitrogens with one attached hydrogen (secondary N) is 1. The molecule has 15 heavy (non-hydrogen) atoms. The van der Waals surface area contributed by atoms with Crippen molar-refractivity contribution in [2.75, 3.05) is 13.7 Å². The quantitative estimate of drug-likeness (QED) is 0.732. The molecule has 1 saturated carbocycles. The van der Waals surface area contributed by atoms with E-state index in [0.717, 1.165) is 12.5 Å². The van der Waals surface area contributed by atoms with E-state index < -0.39 is 0 Å². The lowest BCUT2D eigenvalue weighted by molar-refractivity contribution is 0.119. The molecule has 0 amide bonds. The van der Waals surface area contributed by atoms with Crippen LogP contribution in [-0.4, -0.2) is 25.3 Å². The summed E-state index contributed by atoms with van der Waals surface area (Å²) in [4.78, 5) is 0. The summed E-state index contributed by atoms with van der Waals surface area (Å²) < 4.78 is 5.21. The molecule has 0 aliphatic heterocycles. The van der Waals surface area contributed by atoms with Gasteiger partial charge in [0.2, 0.25) is 0 Å². The standard InChI is InChI=1S/C13H27NO/c1-11(9-12-7-5-6-8-12)14-13(2,3)10-15-4/h11-12,14H,5-10H2,1-4H3. The summed E-state index contributed by atoms with van der Waals surface area (Å²) in [5.74, 6) is 0.964. The summed E-state index contributed by atoms with van der Waals surface area (Å²) in [5.41, 5.74) is 0.104. The van der Waals surface area contributed by atoms with Gasteiger partial charge in [0.05, 0.1) is 6.61 Å². The van der Waals surface area contributed by atoms with E-state index in [-0.39, 0.29) is 5.54 Å². The molecule has 0 bridgehead atoms. The van der Waals surface area contributed by atoms with Crippen LogP contribution in [0.2, 0.25) is 0 Å². The van der Waals surface area contributed by atoms with Crippen LogP contribution in [0.3, 0.4) is 0 Å². The molecular formula is C13H27NO. The summed E-state index contributed by atoms with van der Waals surface area (Å²) in [6, 6.07) is 0.609. The monoisotopic (exact) mass is 213 g/mol. The number of hydrogen-bond donors (Lipinski definition) is 1. The molecule has 1 aliphatic carbocycles. The van der Waals surface area contributed by atoms with Crippen LogP contribution in [0.15, 0.2) is 0 Å². The molecule has 1 rings (SSSR count). The Kier molecular flexibility index (Phi) is 5.07. The molecule has 0 spiro atoms. The molecule has 1 aliphatic rings. The zero-order valence-electron chi connectivity index (χ0n) is 10.8. The Labute approximate surface area is 94.8 Å². The summed E-state index contributed by atoms with van der Waals surface area (Å²) in [6.45, 7) is 7.50. The maximum absolute atomic E-state index is 5.21. The molecule has 0 aromatic carbocycles. The van der Waals surface area contributed by atoms with Crippen molar-refractivity contribution in [3.8, 4) is 0 Å². The van der Waals surface area contributed by atoms with Gasteiger partial charge in [0.1, 0.15) is 0 Å². The molecule has 1 atom stereocenters. The molecule has 90 valence electrons. The van der Waals surface area contributed by atoms with E-state index in [1.165, 1.54) is 32.1 Å². The molecule has 1 unspecified atom stereocenters. The highest BCUT2D eigenvalue weighted by Crippen LogP contribution is 2.28. The van der Waals surface area contributed by atoms with Crippen LogP contribution >= 0.6 is 0 Å². The Morgan fingerprint density at radius 3 is 2.47 bits per heavy atom. The first-order valence-electron chi connectivity index (χ1n) is 6.30. The predicted molar refractivity (Wildman–Crippen MR) is 65.1 cm³/mol. The molecule has 0 radical (unpaired) electrons. The fourth-order valence-electron chi connectivity index (χ4n) is 2.87. The Bertz CT molecular complexity index is 173. The van der Waals surface area contributed by atoms with Gasteiger partial charge in [0, 0.05) is 18.7 Å². The van der Waals surface area contributed by atoms with Gasteiger partial charge in [-0.1, -0.05) is 25.7 Å². The molecule has 1 fully saturated rings. The smallest absolute Gasteiger partial charge is 0.0639 e. The van der Waals surface area contributed by atoms with Gasteiger partial charge < -0.3 is 10.1 Å². The van der Waals surface area contributed by atoms with E-state index in [9.17, 15) is 0 Å². The minimum atomic E-state index is 0.104. The lowest BCUT2D eigenvalue weighted by Crippen LogP contribution is -2.48. The van der Waals surface area contributed by atoms with Crippen LogP contribution in [0.25, 0.3) is 0 Å². The van der Waals surface area contributed by atoms with E-state index in [2.05, 4.69) is 26.1 Å². The second-order valence-corrected chi connectivity index (χ2v) is 5.75. The second kappa shape index (κ2) is 5.86. The summed E-state index contributed by atoms with van der Waals surface area (Å²) in [5, 5.41) is 3.66. The van der Waals surface area contributed by atoms with Crippen LogP contribution in [0.5, 0.6) is 0 Å². The van der Waals surface area contributed by atoms with Crippen LogP contribution < -0.4 is 5.32 Å². The van der Waals surface area contributed by atoms with Crippen molar-refractivity contribution in [2.45, 2.75) is 64.5 Å². The molecule has 1 N–H and O–H groups in total. The number of hydrogen-bond acceptors (Lipinski definition) is 2. The van der Waals surface area contributed by atoms with Gasteiger partial charge in [-0.25, -0.2) is 0 Å². The molecule has 2 heteroatoms. The van der Waals surface area contributed by atoms with Crippen molar-refractivity contribution in [1.82, 2.24) is 5.32 Å². The topological polar surface area (TPSA) is 21.3 Å². The first-order chi connectivity index (χ1) is 7.03. The van der Waals surface area contributed by atoms with Crippen LogP contribution in [-0.2, 0) is 4.74 Å². The molecule has 0 aromatic heterocycles. The van der Waals surface area contributed by atoms with Gasteiger partial charge in [0.25, 0.3) is 0 Å². The van der Waals surface area contributed by atoms with Gasteiger partial charge >= 0.3 is 0 Å². The predicted octanol–water partition coefficient (Wildman–Crippen LogP) is 2.97. The van der Waals surface area contributed by atoms with Gasteiger partial charge in [-0.15, -0.1) is 0 Å². The van der Waals surface area contributed by atoms with Crippen molar-refractivity contribution < 1.29 is 4.74 Å². The summed E-state index contributed by atoms with van der Waals surface area (Å²) in [6.07, 6.45) is 7.10. The van der Waals surface area contributed by atoms with E-state index in [0.29, 0.717) is 6.04 Å². The lowest BCUT2D eigenvalue weighted by Gasteiger charge is -2.30. The van der Waals surface area contributed by atoms with Crippen molar-refractivity contribution in [3.63, 3.8) is 0 Å². The highest BCUT2D eigenvalue weighted by Gasteiger charge is 2.23. The zero-order valence-corrected chi connectivity index (χ0v) is 10.8. The minimum Gasteiger partial charge on any atom is -0.383 e. The Hall–Kier alpha value is -0.0800. The van der Waals surface area contributed by atoms with Crippen molar-refractivity contribution >= 4 is 0 Å². The van der Waals surface area contributed by atoms with Crippen molar-refractivity contribution in [1.29, 1.82) is 0 Å². The fraction of sp³-hybridized carbons (Fsp3) is 1.00. The summed E-state index contributed by atoms with van der Waals surface area (Å²) >= 11 is 0. The highest BCUT2D eigenvalue weighted by molar-refractivity contribution is 4.82. The minimum absolute atomic E-state index is 0.104.